The van der Waals surface area contributed by atoms with Gasteiger partial charge in [-0.2, -0.15) is 0 Å². The van der Waals surface area contributed by atoms with Crippen molar-refractivity contribution in [2.75, 3.05) is 6.79 Å². The number of ether oxygens (including phenoxy) is 2. The first-order valence-corrected chi connectivity index (χ1v) is 8.03. The molecule has 0 bridgehead atoms. The van der Waals surface area contributed by atoms with Crippen LogP contribution in [0, 0.1) is 0 Å². The summed E-state index contributed by atoms with van der Waals surface area (Å²) in [5.41, 5.74) is 3.08. The number of hydrogen-bond acceptors (Lipinski definition) is 3. The first-order chi connectivity index (χ1) is 10.7. The van der Waals surface area contributed by atoms with E-state index in [4.69, 9.17) is 9.47 Å². The Labute approximate surface area is 131 Å². The smallest absolute Gasteiger partial charge is 0.231 e. The molecule has 0 N–H and O–H groups in total. The summed E-state index contributed by atoms with van der Waals surface area (Å²) in [6.45, 7) is 2.23. The van der Waals surface area contributed by atoms with E-state index in [9.17, 15) is 4.79 Å². The number of benzene rings is 1. The van der Waals surface area contributed by atoms with Gasteiger partial charge in [-0.15, -0.1) is 0 Å². The molecule has 3 heteroatoms. The number of Topliss-reactive ketones (excluding diaryl/α,β-unsaturated/α-hetero) is 1. The molecule has 0 radical (unpaired) electrons. The average Bonchev–Trinajstić information content (AvgIpc) is 3.02. The van der Waals surface area contributed by atoms with Crippen LogP contribution in [-0.2, 0) is 11.2 Å². The summed E-state index contributed by atoms with van der Waals surface area (Å²) in [5.74, 6) is 1.86. The van der Waals surface area contributed by atoms with Crippen molar-refractivity contribution in [3.05, 3.63) is 47.1 Å². The molecule has 1 aliphatic carbocycles. The topological polar surface area (TPSA) is 35.5 Å². The molecule has 0 saturated heterocycles. The van der Waals surface area contributed by atoms with Crippen LogP contribution in [0.1, 0.15) is 44.6 Å². The second kappa shape index (κ2) is 6.82. The van der Waals surface area contributed by atoms with E-state index in [0.29, 0.717) is 6.79 Å². The molecule has 1 aromatic carbocycles. The van der Waals surface area contributed by atoms with Crippen molar-refractivity contribution in [2.24, 2.45) is 0 Å². The highest BCUT2D eigenvalue weighted by Crippen LogP contribution is 2.32. The third-order valence-corrected chi connectivity index (χ3v) is 4.26. The lowest BCUT2D eigenvalue weighted by molar-refractivity contribution is -0.112. The van der Waals surface area contributed by atoms with Crippen LogP contribution in [0.5, 0.6) is 11.5 Å². The standard InChI is InChI=1S/C19H22O3/c1-14(19(20)16-8-3-2-4-9-16)6-5-7-15-10-11-17-18(12-15)22-13-21-17/h6,8,10-12H,2-5,7,9,13H2,1H3/b14-6+. The van der Waals surface area contributed by atoms with Gasteiger partial charge in [-0.1, -0.05) is 18.2 Å². The van der Waals surface area contributed by atoms with Crippen molar-refractivity contribution in [2.45, 2.75) is 45.4 Å². The van der Waals surface area contributed by atoms with Crippen molar-refractivity contribution >= 4 is 5.78 Å². The summed E-state index contributed by atoms with van der Waals surface area (Å²) < 4.78 is 10.7. The first-order valence-electron chi connectivity index (χ1n) is 8.03. The molecular formula is C19H22O3. The SMILES string of the molecule is C/C(=C\CCc1ccc2c(c1)OCO2)C(=O)C1=CCCCC1. The van der Waals surface area contributed by atoms with E-state index in [1.165, 1.54) is 12.0 Å². The predicted octanol–water partition coefficient (Wildman–Crippen LogP) is 4.36. The molecule has 116 valence electrons. The molecule has 22 heavy (non-hydrogen) atoms. The molecule has 0 atom stereocenters. The van der Waals surface area contributed by atoms with Gasteiger partial charge in [0.1, 0.15) is 0 Å². The van der Waals surface area contributed by atoms with Gasteiger partial charge < -0.3 is 9.47 Å². The molecular weight excluding hydrogens is 276 g/mol. The van der Waals surface area contributed by atoms with Crippen LogP contribution in [0.25, 0.3) is 0 Å². The zero-order valence-corrected chi connectivity index (χ0v) is 13.1. The fraction of sp³-hybridized carbons (Fsp3) is 0.421. The van der Waals surface area contributed by atoms with E-state index < -0.39 is 0 Å². The fourth-order valence-corrected chi connectivity index (χ4v) is 2.94. The average molecular weight is 298 g/mol. The molecule has 1 aromatic rings. The third kappa shape index (κ3) is 3.41. The van der Waals surface area contributed by atoms with Gasteiger partial charge in [-0.3, -0.25) is 4.79 Å². The highest BCUT2D eigenvalue weighted by molar-refractivity contribution is 6.07. The van der Waals surface area contributed by atoms with Gasteiger partial charge in [0.2, 0.25) is 6.79 Å². The minimum absolute atomic E-state index is 0.227. The highest BCUT2D eigenvalue weighted by atomic mass is 16.7. The van der Waals surface area contributed by atoms with Crippen LogP contribution in [0.2, 0.25) is 0 Å². The largest absolute Gasteiger partial charge is 0.454 e. The van der Waals surface area contributed by atoms with Crippen LogP contribution >= 0.6 is 0 Å². The monoisotopic (exact) mass is 298 g/mol. The number of hydrogen-bond donors (Lipinski definition) is 0. The van der Waals surface area contributed by atoms with Gasteiger partial charge in [-0.25, -0.2) is 0 Å². The maximum Gasteiger partial charge on any atom is 0.231 e. The zero-order valence-electron chi connectivity index (χ0n) is 13.1. The zero-order chi connectivity index (χ0) is 15.4. The molecule has 0 unspecified atom stereocenters. The lowest BCUT2D eigenvalue weighted by Crippen LogP contribution is -2.07. The quantitative estimate of drug-likeness (QED) is 0.757. The number of aryl methyl sites for hydroxylation is 1. The summed E-state index contributed by atoms with van der Waals surface area (Å²) in [7, 11) is 0. The lowest BCUT2D eigenvalue weighted by atomic mass is 9.93. The highest BCUT2D eigenvalue weighted by Gasteiger charge is 2.14. The van der Waals surface area contributed by atoms with Gasteiger partial charge >= 0.3 is 0 Å². The summed E-state index contributed by atoms with van der Waals surface area (Å²) in [4.78, 5) is 12.3. The van der Waals surface area contributed by atoms with E-state index in [0.717, 1.165) is 54.7 Å². The minimum Gasteiger partial charge on any atom is -0.454 e. The molecule has 3 rings (SSSR count). The molecule has 0 fully saturated rings. The Balaban J connectivity index is 1.57. The summed E-state index contributed by atoms with van der Waals surface area (Å²) in [6, 6.07) is 6.03. The minimum atomic E-state index is 0.227. The van der Waals surface area contributed by atoms with E-state index in [1.807, 2.05) is 19.1 Å². The number of ketones is 1. The maximum absolute atomic E-state index is 12.3. The normalized spacial score (nSPS) is 17.3. The lowest BCUT2D eigenvalue weighted by Gasteiger charge is -2.11. The number of carbonyl (C=O) groups is 1. The van der Waals surface area contributed by atoms with Crippen LogP contribution < -0.4 is 9.47 Å². The van der Waals surface area contributed by atoms with E-state index in [1.54, 1.807) is 0 Å². The van der Waals surface area contributed by atoms with E-state index in [2.05, 4.69) is 18.2 Å². The van der Waals surface area contributed by atoms with Gasteiger partial charge in [0, 0.05) is 0 Å². The van der Waals surface area contributed by atoms with Crippen LogP contribution in [0.3, 0.4) is 0 Å². The van der Waals surface area contributed by atoms with Gasteiger partial charge in [-0.05, 0) is 74.3 Å². The van der Waals surface area contributed by atoms with Crippen molar-refractivity contribution in [1.29, 1.82) is 0 Å². The fourth-order valence-electron chi connectivity index (χ4n) is 2.94. The predicted molar refractivity (Wildman–Crippen MR) is 86.2 cm³/mol. The Hall–Kier alpha value is -2.03. The number of allylic oxidation sites excluding steroid dienone is 4. The summed E-state index contributed by atoms with van der Waals surface area (Å²) in [5, 5.41) is 0. The van der Waals surface area contributed by atoms with E-state index in [-0.39, 0.29) is 5.78 Å². The number of rotatable bonds is 5. The summed E-state index contributed by atoms with van der Waals surface area (Å²) in [6.07, 6.45) is 10.3. The van der Waals surface area contributed by atoms with Crippen LogP contribution in [-0.4, -0.2) is 12.6 Å². The Kier molecular flexibility index (Phi) is 4.62. The van der Waals surface area contributed by atoms with Gasteiger partial charge in [0.05, 0.1) is 0 Å². The number of carbonyl (C=O) groups excluding carboxylic acids is 1. The Bertz CT molecular complexity index is 626. The number of fused-ring (bicyclic) bond motifs is 1. The van der Waals surface area contributed by atoms with Crippen LogP contribution in [0.4, 0.5) is 0 Å². The maximum atomic E-state index is 12.3. The molecule has 0 amide bonds. The molecule has 3 nitrogen and oxygen atoms in total. The first kappa shape index (κ1) is 14.9. The molecule has 0 saturated carbocycles. The van der Waals surface area contributed by atoms with E-state index >= 15 is 0 Å². The Morgan fingerprint density at radius 1 is 1.23 bits per heavy atom. The molecule has 0 spiro atoms. The van der Waals surface area contributed by atoms with Gasteiger partial charge in [0.15, 0.2) is 17.3 Å². The van der Waals surface area contributed by atoms with Crippen LogP contribution in [0.15, 0.2) is 41.5 Å². The van der Waals surface area contributed by atoms with Crippen molar-refractivity contribution in [1.82, 2.24) is 0 Å². The second-order valence-corrected chi connectivity index (χ2v) is 5.92. The summed E-state index contributed by atoms with van der Waals surface area (Å²) >= 11 is 0. The van der Waals surface area contributed by atoms with Crippen molar-refractivity contribution < 1.29 is 14.3 Å². The van der Waals surface area contributed by atoms with Crippen molar-refractivity contribution in [3.8, 4) is 11.5 Å². The molecule has 1 heterocycles. The Morgan fingerprint density at radius 2 is 2.09 bits per heavy atom. The van der Waals surface area contributed by atoms with Crippen molar-refractivity contribution in [3.63, 3.8) is 0 Å². The molecule has 2 aliphatic rings. The molecule has 1 aliphatic heterocycles. The van der Waals surface area contributed by atoms with Gasteiger partial charge in [0.25, 0.3) is 0 Å². The Morgan fingerprint density at radius 3 is 2.91 bits per heavy atom. The third-order valence-electron chi connectivity index (χ3n) is 4.26. The molecule has 0 aromatic heterocycles. The second-order valence-electron chi connectivity index (χ2n) is 5.92.